The molecule has 0 radical (unpaired) electrons. The average molecular weight is 381 g/mol. The summed E-state index contributed by atoms with van der Waals surface area (Å²) in [5.74, 6) is 1.19. The predicted molar refractivity (Wildman–Crippen MR) is 90.0 cm³/mol. The standard InChI is InChI=1S/C13H11N5O5S2/c19-11-15-16-12(25-13-14-6-10(24-13)18(20)21)17(11)7-1-2-8-9(5-7)23-4-3-22-8/h1-2,5-6,12,16H,3-4H2,(H,15,19). The van der Waals surface area contributed by atoms with E-state index in [1.165, 1.54) is 22.9 Å². The highest BCUT2D eigenvalue weighted by atomic mass is 32.2. The Balaban J connectivity index is 1.58. The Bertz CT molecular complexity index is 844. The molecule has 3 heterocycles. The van der Waals surface area contributed by atoms with Gasteiger partial charge < -0.3 is 9.47 Å². The van der Waals surface area contributed by atoms with E-state index in [-0.39, 0.29) is 11.0 Å². The van der Waals surface area contributed by atoms with E-state index >= 15 is 0 Å². The summed E-state index contributed by atoms with van der Waals surface area (Å²) in [7, 11) is 0. The molecule has 1 saturated heterocycles. The number of thioether (sulfide) groups is 1. The van der Waals surface area contributed by atoms with Crippen LogP contribution in [0.5, 0.6) is 11.5 Å². The van der Waals surface area contributed by atoms with Crippen LogP contribution in [0.25, 0.3) is 0 Å². The Hall–Kier alpha value is -2.57. The second kappa shape index (κ2) is 6.38. The Labute approximate surface area is 149 Å². The number of hydrogen-bond acceptors (Lipinski definition) is 9. The van der Waals surface area contributed by atoms with Crippen LogP contribution in [0.2, 0.25) is 0 Å². The fourth-order valence-corrected chi connectivity index (χ4v) is 4.29. The van der Waals surface area contributed by atoms with Crippen LogP contribution in [0.15, 0.2) is 28.7 Å². The van der Waals surface area contributed by atoms with Crippen LogP contribution in [-0.4, -0.2) is 34.6 Å². The normalized spacial score (nSPS) is 19.0. The second-order valence-corrected chi connectivity index (χ2v) is 7.30. The van der Waals surface area contributed by atoms with Crippen molar-refractivity contribution in [1.82, 2.24) is 15.8 Å². The number of hydrogen-bond donors (Lipinski definition) is 2. The highest BCUT2D eigenvalue weighted by Gasteiger charge is 2.34. The van der Waals surface area contributed by atoms with Gasteiger partial charge in [-0.3, -0.25) is 20.4 Å². The van der Waals surface area contributed by atoms with Crippen LogP contribution in [-0.2, 0) is 0 Å². The van der Waals surface area contributed by atoms with Gasteiger partial charge in [0.15, 0.2) is 21.3 Å². The molecule has 2 aliphatic rings. The van der Waals surface area contributed by atoms with Gasteiger partial charge in [0.2, 0.25) is 0 Å². The number of nitro groups is 1. The summed E-state index contributed by atoms with van der Waals surface area (Å²) in [6.45, 7) is 0.932. The zero-order valence-corrected chi connectivity index (χ0v) is 14.1. The molecule has 0 saturated carbocycles. The van der Waals surface area contributed by atoms with Gasteiger partial charge in [-0.2, -0.15) is 0 Å². The average Bonchev–Trinajstić information content (AvgIpc) is 3.22. The van der Waals surface area contributed by atoms with E-state index in [2.05, 4.69) is 15.8 Å². The van der Waals surface area contributed by atoms with Gasteiger partial charge in [0, 0.05) is 6.07 Å². The quantitative estimate of drug-likeness (QED) is 0.609. The number of fused-ring (bicyclic) bond motifs is 1. The lowest BCUT2D eigenvalue weighted by molar-refractivity contribution is -0.380. The van der Waals surface area contributed by atoms with Gasteiger partial charge in [-0.05, 0) is 23.5 Å². The molecule has 2 aliphatic heterocycles. The first-order valence-corrected chi connectivity index (χ1v) is 8.83. The van der Waals surface area contributed by atoms with Gasteiger partial charge in [0.1, 0.15) is 19.4 Å². The number of anilines is 1. The maximum atomic E-state index is 12.2. The van der Waals surface area contributed by atoms with E-state index in [0.29, 0.717) is 34.7 Å². The Morgan fingerprint density at radius 1 is 1.36 bits per heavy atom. The summed E-state index contributed by atoms with van der Waals surface area (Å²) in [4.78, 5) is 28.0. The fraction of sp³-hybridized carbons (Fsp3) is 0.231. The van der Waals surface area contributed by atoms with E-state index in [0.717, 1.165) is 11.3 Å². The van der Waals surface area contributed by atoms with Crippen molar-refractivity contribution in [3.05, 3.63) is 34.5 Å². The smallest absolute Gasteiger partial charge is 0.344 e. The molecule has 1 aromatic heterocycles. The van der Waals surface area contributed by atoms with Crippen LogP contribution in [0, 0.1) is 10.1 Å². The third-order valence-corrected chi connectivity index (χ3v) is 5.57. The zero-order chi connectivity index (χ0) is 17.4. The van der Waals surface area contributed by atoms with E-state index in [1.54, 1.807) is 18.2 Å². The molecule has 130 valence electrons. The first-order valence-electron chi connectivity index (χ1n) is 7.13. The molecule has 10 nitrogen and oxygen atoms in total. The topological polar surface area (TPSA) is 119 Å². The van der Waals surface area contributed by atoms with E-state index in [1.807, 2.05) is 0 Å². The van der Waals surface area contributed by atoms with Crippen LogP contribution < -0.4 is 25.2 Å². The van der Waals surface area contributed by atoms with Crippen molar-refractivity contribution in [3.63, 3.8) is 0 Å². The Morgan fingerprint density at radius 2 is 2.16 bits per heavy atom. The number of carbonyl (C=O) groups is 1. The monoisotopic (exact) mass is 381 g/mol. The van der Waals surface area contributed by atoms with Gasteiger partial charge in [-0.15, -0.1) is 0 Å². The number of hydrazine groups is 1. The van der Waals surface area contributed by atoms with E-state index < -0.39 is 10.4 Å². The molecular weight excluding hydrogens is 370 g/mol. The Kier molecular flexibility index (Phi) is 4.07. The zero-order valence-electron chi connectivity index (χ0n) is 12.5. The molecule has 2 aromatic rings. The summed E-state index contributed by atoms with van der Waals surface area (Å²) in [5, 5.41) is 10.7. The highest BCUT2D eigenvalue weighted by molar-refractivity contribution is 8.01. The van der Waals surface area contributed by atoms with E-state index in [4.69, 9.17) is 9.47 Å². The van der Waals surface area contributed by atoms with Gasteiger partial charge >= 0.3 is 11.0 Å². The first-order chi connectivity index (χ1) is 12.1. The predicted octanol–water partition coefficient (Wildman–Crippen LogP) is 1.93. The molecule has 25 heavy (non-hydrogen) atoms. The van der Waals surface area contributed by atoms with Gasteiger partial charge in [0.25, 0.3) is 0 Å². The van der Waals surface area contributed by atoms with Crippen molar-refractivity contribution in [2.45, 2.75) is 9.84 Å². The lowest BCUT2D eigenvalue weighted by Crippen LogP contribution is -2.34. The third-order valence-electron chi connectivity index (χ3n) is 3.42. The lowest BCUT2D eigenvalue weighted by atomic mass is 10.2. The maximum Gasteiger partial charge on any atom is 0.344 e. The van der Waals surface area contributed by atoms with E-state index in [9.17, 15) is 14.9 Å². The lowest BCUT2D eigenvalue weighted by Gasteiger charge is -2.24. The molecule has 1 fully saturated rings. The number of carbonyl (C=O) groups excluding carboxylic acids is 1. The molecule has 4 rings (SSSR count). The SMILES string of the molecule is O=C1NNC(Sc2ncc([N+](=O)[O-])s2)N1c1ccc2c(c1)OCCO2. The molecule has 1 unspecified atom stereocenters. The van der Waals surface area contributed by atoms with Crippen LogP contribution in [0.4, 0.5) is 15.5 Å². The number of amides is 2. The van der Waals surface area contributed by atoms with Crippen molar-refractivity contribution < 1.29 is 19.2 Å². The number of rotatable bonds is 4. The van der Waals surface area contributed by atoms with Crippen LogP contribution >= 0.6 is 23.1 Å². The van der Waals surface area contributed by atoms with Gasteiger partial charge in [0.05, 0.1) is 10.6 Å². The van der Waals surface area contributed by atoms with Crippen molar-refractivity contribution in [2.75, 3.05) is 18.1 Å². The first kappa shape index (κ1) is 15.9. The fourth-order valence-electron chi connectivity index (χ4n) is 2.36. The molecule has 2 amide bonds. The number of nitrogens with zero attached hydrogens (tertiary/aromatic N) is 3. The van der Waals surface area contributed by atoms with Gasteiger partial charge in [-0.25, -0.2) is 15.2 Å². The van der Waals surface area contributed by atoms with Crippen molar-refractivity contribution in [2.24, 2.45) is 0 Å². The molecule has 12 heteroatoms. The summed E-state index contributed by atoms with van der Waals surface area (Å²) in [6, 6.07) is 4.86. The maximum absolute atomic E-state index is 12.2. The molecular formula is C13H11N5O5S2. The molecule has 0 spiro atoms. The Morgan fingerprint density at radius 3 is 2.92 bits per heavy atom. The summed E-state index contributed by atoms with van der Waals surface area (Å²) in [6.07, 6.45) is 1.20. The molecule has 0 bridgehead atoms. The number of ether oxygens (including phenoxy) is 2. The van der Waals surface area contributed by atoms with Crippen molar-refractivity contribution in [1.29, 1.82) is 0 Å². The molecule has 1 aromatic carbocycles. The van der Waals surface area contributed by atoms with Crippen LogP contribution in [0.1, 0.15) is 0 Å². The second-order valence-electron chi connectivity index (χ2n) is 4.96. The molecule has 2 N–H and O–H groups in total. The van der Waals surface area contributed by atoms with Crippen LogP contribution in [0.3, 0.4) is 0 Å². The van der Waals surface area contributed by atoms with Crippen molar-refractivity contribution in [3.8, 4) is 11.5 Å². The minimum atomic E-state index is -0.513. The number of nitrogens with one attached hydrogen (secondary N) is 2. The molecule has 1 atom stereocenters. The summed E-state index contributed by atoms with van der Waals surface area (Å²) in [5.41, 5.74) is 5.46. The molecule has 0 aliphatic carbocycles. The van der Waals surface area contributed by atoms with Gasteiger partial charge in [-0.1, -0.05) is 11.8 Å². The summed E-state index contributed by atoms with van der Waals surface area (Å²) < 4.78 is 11.5. The highest BCUT2D eigenvalue weighted by Crippen LogP contribution is 2.38. The third kappa shape index (κ3) is 3.06. The largest absolute Gasteiger partial charge is 0.486 e. The minimum Gasteiger partial charge on any atom is -0.486 e. The summed E-state index contributed by atoms with van der Waals surface area (Å²) >= 11 is 2.15. The number of thiazole rings is 1. The minimum absolute atomic E-state index is 0.0503. The number of urea groups is 1. The number of benzene rings is 1. The van der Waals surface area contributed by atoms with Crippen molar-refractivity contribution >= 4 is 39.8 Å². The number of aromatic nitrogens is 1.